The van der Waals surface area contributed by atoms with Crippen LogP contribution in [-0.4, -0.2) is 86.5 Å². The molecule has 0 unspecified atom stereocenters. The standard InChI is InChI=1S/C28H27NO4S.C2H2O4.C2H6O.H2O/c30-21-8-4-20(5-9-21)28-26(24-13-10-22(31)18-25(24)34-28)27(32)19-6-11-23(12-7-19)33-17-16-29-14-2-1-3-15-29;3-1(4)2(5)6;1-2-3;/h4-13,18,30-31H,1-3,14-17H2;(H,3,4)(H,5,6);3H,2H2,1H3;1H2. The fourth-order valence-electron chi connectivity index (χ4n) is 4.45. The normalized spacial score (nSPS) is 12.5. The third kappa shape index (κ3) is 10.1. The number of ketones is 1. The van der Waals surface area contributed by atoms with Gasteiger partial charge in [-0.15, -0.1) is 11.3 Å². The molecule has 0 bridgehead atoms. The molecule has 1 fully saturated rings. The van der Waals surface area contributed by atoms with E-state index in [1.54, 1.807) is 49.4 Å². The number of aliphatic hydroxyl groups excluding tert-OH is 1. The van der Waals surface area contributed by atoms with E-state index < -0.39 is 11.9 Å². The summed E-state index contributed by atoms with van der Waals surface area (Å²) in [6.45, 7) is 5.78. The number of phenols is 2. The summed E-state index contributed by atoms with van der Waals surface area (Å²) in [5, 5.41) is 42.8. The molecule has 1 aliphatic heterocycles. The van der Waals surface area contributed by atoms with Crippen LogP contribution in [-0.2, 0) is 9.59 Å². The molecule has 0 spiro atoms. The van der Waals surface area contributed by atoms with Crippen LogP contribution in [0.5, 0.6) is 17.2 Å². The maximum absolute atomic E-state index is 13.6. The molecule has 5 rings (SSSR count). The van der Waals surface area contributed by atoms with Crippen LogP contribution in [0.25, 0.3) is 20.5 Å². The third-order valence-corrected chi connectivity index (χ3v) is 7.66. The molecule has 12 heteroatoms. The highest BCUT2D eigenvalue weighted by atomic mass is 32.1. The molecule has 1 aliphatic rings. The molecule has 1 saturated heterocycles. The molecule has 0 aliphatic carbocycles. The number of carboxylic acids is 2. The summed E-state index contributed by atoms with van der Waals surface area (Å²) in [4.78, 5) is 35.1. The summed E-state index contributed by atoms with van der Waals surface area (Å²) < 4.78 is 6.76. The number of rotatable bonds is 7. The first-order valence-electron chi connectivity index (χ1n) is 13.8. The SMILES string of the molecule is CCO.O.O=C(O)C(=O)O.O=C(c1ccc(OCCN2CCCCC2)cc1)c1c(-c2ccc(O)cc2)sc2cc(O)ccc12. The van der Waals surface area contributed by atoms with Crippen molar-refractivity contribution >= 4 is 39.1 Å². The predicted octanol–water partition coefficient (Wildman–Crippen LogP) is 4.40. The molecule has 0 saturated carbocycles. The van der Waals surface area contributed by atoms with E-state index in [4.69, 9.17) is 29.6 Å². The molecule has 11 nitrogen and oxygen atoms in total. The number of aromatic hydroxyl groups is 2. The number of benzene rings is 3. The number of hydrogen-bond donors (Lipinski definition) is 5. The Morgan fingerprint density at radius 3 is 1.98 bits per heavy atom. The number of carbonyl (C=O) groups excluding carboxylic acids is 1. The first kappa shape index (κ1) is 35.7. The average molecular weight is 628 g/mol. The van der Waals surface area contributed by atoms with Gasteiger partial charge in [-0.05, 0) is 105 Å². The highest BCUT2D eigenvalue weighted by molar-refractivity contribution is 7.22. The number of ether oxygens (including phenoxy) is 1. The monoisotopic (exact) mass is 627 g/mol. The lowest BCUT2D eigenvalue weighted by Crippen LogP contribution is -2.33. The molecule has 0 amide bonds. The van der Waals surface area contributed by atoms with Crippen molar-refractivity contribution in [3.63, 3.8) is 0 Å². The van der Waals surface area contributed by atoms with E-state index in [-0.39, 0.29) is 29.4 Å². The van der Waals surface area contributed by atoms with Crippen molar-refractivity contribution in [2.45, 2.75) is 26.2 Å². The molecule has 4 aromatic rings. The first-order chi connectivity index (χ1) is 20.6. The number of carbonyl (C=O) groups is 3. The zero-order chi connectivity index (χ0) is 31.4. The lowest BCUT2D eigenvalue weighted by molar-refractivity contribution is -0.159. The van der Waals surface area contributed by atoms with Gasteiger partial charge in [0, 0.05) is 39.2 Å². The average Bonchev–Trinajstić information content (AvgIpc) is 3.37. The number of carboxylic acid groups (broad SMARTS) is 2. The van der Waals surface area contributed by atoms with Crippen molar-refractivity contribution in [3.8, 4) is 27.7 Å². The van der Waals surface area contributed by atoms with Crippen molar-refractivity contribution in [2.24, 2.45) is 0 Å². The molecule has 1 aromatic heterocycles. The third-order valence-electron chi connectivity index (χ3n) is 6.45. The summed E-state index contributed by atoms with van der Waals surface area (Å²) in [6, 6.07) is 19.2. The van der Waals surface area contributed by atoms with Crippen LogP contribution in [0.4, 0.5) is 0 Å². The number of hydrogen-bond acceptors (Lipinski definition) is 9. The van der Waals surface area contributed by atoms with Gasteiger partial charge >= 0.3 is 11.9 Å². The zero-order valence-corrected chi connectivity index (χ0v) is 25.0. The second-order valence-electron chi connectivity index (χ2n) is 9.56. The second kappa shape index (κ2) is 17.6. The summed E-state index contributed by atoms with van der Waals surface area (Å²) in [6.07, 6.45) is 3.85. The van der Waals surface area contributed by atoms with Gasteiger partial charge in [-0.25, -0.2) is 9.59 Å². The van der Waals surface area contributed by atoms with Crippen LogP contribution in [0.15, 0.2) is 66.7 Å². The van der Waals surface area contributed by atoms with E-state index in [2.05, 4.69) is 4.90 Å². The van der Waals surface area contributed by atoms with Crippen LogP contribution in [0.3, 0.4) is 0 Å². The topological polar surface area (TPSA) is 196 Å². The lowest BCUT2D eigenvalue weighted by Gasteiger charge is -2.26. The number of piperidine rings is 1. The fraction of sp³-hybridized carbons (Fsp3) is 0.281. The predicted molar refractivity (Wildman–Crippen MR) is 168 cm³/mol. The Kier molecular flexibility index (Phi) is 14.3. The largest absolute Gasteiger partial charge is 0.508 e. The molecule has 44 heavy (non-hydrogen) atoms. The summed E-state index contributed by atoms with van der Waals surface area (Å²) in [7, 11) is 0. The highest BCUT2D eigenvalue weighted by Gasteiger charge is 2.22. The molecular formula is C32H37NO10S. The Hall–Kier alpha value is -4.49. The maximum atomic E-state index is 13.6. The van der Waals surface area contributed by atoms with Crippen molar-refractivity contribution in [1.82, 2.24) is 4.90 Å². The minimum Gasteiger partial charge on any atom is -0.508 e. The molecule has 0 radical (unpaired) electrons. The molecule has 7 N–H and O–H groups in total. The van der Waals surface area contributed by atoms with Crippen LogP contribution in [0.2, 0.25) is 0 Å². The number of aliphatic hydroxyl groups is 1. The number of likely N-dealkylation sites (tertiary alicyclic amines) is 1. The number of fused-ring (bicyclic) bond motifs is 1. The van der Waals surface area contributed by atoms with Gasteiger partial charge in [0.05, 0.1) is 0 Å². The quantitative estimate of drug-likeness (QED) is 0.145. The minimum absolute atomic E-state index is 0. The summed E-state index contributed by atoms with van der Waals surface area (Å²) in [5.74, 6) is -2.64. The Morgan fingerprint density at radius 2 is 1.41 bits per heavy atom. The fourth-order valence-corrected chi connectivity index (χ4v) is 5.69. The number of thiophene rings is 1. The van der Waals surface area contributed by atoms with Gasteiger partial charge in [0.15, 0.2) is 5.78 Å². The van der Waals surface area contributed by atoms with E-state index in [1.165, 1.54) is 30.6 Å². The van der Waals surface area contributed by atoms with E-state index in [0.29, 0.717) is 17.7 Å². The summed E-state index contributed by atoms with van der Waals surface area (Å²) in [5.41, 5.74) is 2.03. The molecule has 2 heterocycles. The van der Waals surface area contributed by atoms with E-state index in [0.717, 1.165) is 45.9 Å². The Balaban J connectivity index is 0.000000597. The zero-order valence-electron chi connectivity index (χ0n) is 24.2. The molecule has 236 valence electrons. The maximum Gasteiger partial charge on any atom is 0.414 e. The van der Waals surface area contributed by atoms with Crippen LogP contribution in [0, 0.1) is 0 Å². The van der Waals surface area contributed by atoms with Gasteiger partial charge in [-0.3, -0.25) is 9.69 Å². The van der Waals surface area contributed by atoms with Crippen molar-refractivity contribution in [2.75, 3.05) is 32.8 Å². The van der Waals surface area contributed by atoms with Crippen molar-refractivity contribution < 1.29 is 50.1 Å². The number of aliphatic carboxylic acids is 2. The van der Waals surface area contributed by atoms with E-state index in [9.17, 15) is 15.0 Å². The van der Waals surface area contributed by atoms with Crippen LogP contribution >= 0.6 is 11.3 Å². The molecule has 0 atom stereocenters. The van der Waals surface area contributed by atoms with Gasteiger partial charge < -0.3 is 35.7 Å². The first-order valence-corrected chi connectivity index (χ1v) is 14.6. The highest BCUT2D eigenvalue weighted by Crippen LogP contribution is 2.41. The lowest BCUT2D eigenvalue weighted by atomic mass is 9.97. The van der Waals surface area contributed by atoms with Gasteiger partial charge in [-0.1, -0.05) is 6.42 Å². The smallest absolute Gasteiger partial charge is 0.414 e. The Morgan fingerprint density at radius 1 is 0.841 bits per heavy atom. The van der Waals surface area contributed by atoms with Crippen molar-refractivity contribution in [1.29, 1.82) is 0 Å². The molecular weight excluding hydrogens is 590 g/mol. The van der Waals surface area contributed by atoms with Gasteiger partial charge in [0.2, 0.25) is 0 Å². The van der Waals surface area contributed by atoms with E-state index in [1.807, 2.05) is 24.3 Å². The van der Waals surface area contributed by atoms with Crippen molar-refractivity contribution in [3.05, 3.63) is 77.9 Å². The second-order valence-corrected chi connectivity index (χ2v) is 10.6. The molecule has 3 aromatic carbocycles. The van der Waals surface area contributed by atoms with E-state index >= 15 is 0 Å². The summed E-state index contributed by atoms with van der Waals surface area (Å²) >= 11 is 1.46. The number of nitrogens with zero attached hydrogens (tertiary/aromatic N) is 1. The van der Waals surface area contributed by atoms with Gasteiger partial charge in [0.25, 0.3) is 0 Å². The van der Waals surface area contributed by atoms with Crippen LogP contribution in [0.1, 0.15) is 42.1 Å². The van der Waals surface area contributed by atoms with Crippen LogP contribution < -0.4 is 4.74 Å². The Labute approximate surface area is 258 Å². The van der Waals surface area contributed by atoms with Gasteiger partial charge in [-0.2, -0.15) is 0 Å². The minimum atomic E-state index is -1.82. The Bertz CT molecular complexity index is 1500. The number of phenolic OH excluding ortho intramolecular Hbond substituents is 2. The van der Waals surface area contributed by atoms with Gasteiger partial charge in [0.1, 0.15) is 23.9 Å².